The van der Waals surface area contributed by atoms with Crippen LogP contribution in [0.5, 0.6) is 5.75 Å². The molecule has 0 saturated heterocycles. The van der Waals surface area contributed by atoms with Gasteiger partial charge in [0.25, 0.3) is 5.91 Å². The van der Waals surface area contributed by atoms with Crippen LogP contribution in [0.15, 0.2) is 42.5 Å². The topological polar surface area (TPSA) is 33.9 Å². The highest BCUT2D eigenvalue weighted by molar-refractivity contribution is 5.94. The monoisotopic (exact) mass is 492 g/mol. The number of amides is 1. The first-order chi connectivity index (χ1) is 18.0. The molecule has 1 heterocycles. The van der Waals surface area contributed by atoms with E-state index in [4.69, 9.17) is 17.7 Å². The third kappa shape index (κ3) is 4.42. The molecule has 0 aromatic heterocycles. The van der Waals surface area contributed by atoms with E-state index in [0.29, 0.717) is 5.69 Å². The second kappa shape index (κ2) is 9.57. The van der Waals surface area contributed by atoms with E-state index < -0.39 is 0 Å². The quantitative estimate of drug-likeness (QED) is 0.314. The van der Waals surface area contributed by atoms with Gasteiger partial charge in [0, 0.05) is 6.04 Å². The van der Waals surface area contributed by atoms with Gasteiger partial charge in [0.1, 0.15) is 11.4 Å². The summed E-state index contributed by atoms with van der Waals surface area (Å²) in [6.45, 7) is 9.65. The summed E-state index contributed by atoms with van der Waals surface area (Å²) in [5.41, 5.74) is 3.91. The highest BCUT2D eigenvalue weighted by Gasteiger charge is 2.52. The van der Waals surface area contributed by atoms with Gasteiger partial charge in [-0.15, -0.1) is 6.42 Å². The van der Waals surface area contributed by atoms with Crippen LogP contribution in [-0.2, 0) is 11.2 Å². The molecular weight excluding hydrogens is 456 g/mol. The molecule has 4 bridgehead atoms. The van der Waals surface area contributed by atoms with Crippen LogP contribution in [0, 0.1) is 36.7 Å². The van der Waals surface area contributed by atoms with Crippen molar-refractivity contribution >= 4 is 11.6 Å². The molecule has 0 N–H and O–H groups in total. The highest BCUT2D eigenvalue weighted by atomic mass is 16.5. The molecule has 4 aliphatic carbocycles. The average molecular weight is 493 g/mol. The molecule has 4 saturated carbocycles. The molecule has 2 aromatic rings. The minimum Gasteiger partial charge on any atom is -0.487 e. The van der Waals surface area contributed by atoms with E-state index >= 15 is 0 Å². The van der Waals surface area contributed by atoms with Crippen LogP contribution >= 0.6 is 0 Å². The molecule has 5 aliphatic rings. The number of benzene rings is 2. The number of ether oxygens (including phenoxy) is 1. The van der Waals surface area contributed by atoms with Crippen molar-refractivity contribution in [2.75, 3.05) is 0 Å². The van der Waals surface area contributed by atoms with Gasteiger partial charge in [-0.05, 0) is 98.3 Å². The van der Waals surface area contributed by atoms with Crippen molar-refractivity contribution < 1.29 is 9.53 Å². The maximum absolute atomic E-state index is 13.2. The Morgan fingerprint density at radius 1 is 1.11 bits per heavy atom. The molecular formula is C33H36N2O2. The van der Waals surface area contributed by atoms with Crippen molar-refractivity contribution in [1.29, 1.82) is 0 Å². The zero-order chi connectivity index (χ0) is 25.6. The third-order valence-electron chi connectivity index (χ3n) is 9.44. The van der Waals surface area contributed by atoms with Crippen molar-refractivity contribution in [3.8, 4) is 18.1 Å². The highest BCUT2D eigenvalue weighted by Crippen LogP contribution is 2.57. The van der Waals surface area contributed by atoms with Crippen molar-refractivity contribution in [2.24, 2.45) is 17.8 Å². The lowest BCUT2D eigenvalue weighted by Crippen LogP contribution is -2.53. The summed E-state index contributed by atoms with van der Waals surface area (Å²) in [5, 5.41) is 0. The van der Waals surface area contributed by atoms with E-state index in [9.17, 15) is 4.79 Å². The van der Waals surface area contributed by atoms with E-state index in [-0.39, 0.29) is 23.6 Å². The van der Waals surface area contributed by atoms with Crippen LogP contribution < -0.4 is 4.74 Å². The smallest absolute Gasteiger partial charge is 0.299 e. The van der Waals surface area contributed by atoms with Gasteiger partial charge in [0.05, 0.1) is 12.6 Å². The van der Waals surface area contributed by atoms with Gasteiger partial charge in [-0.3, -0.25) is 4.79 Å². The lowest BCUT2D eigenvalue weighted by Gasteiger charge is -2.56. The number of hydrogen-bond donors (Lipinski definition) is 0. The summed E-state index contributed by atoms with van der Waals surface area (Å²) >= 11 is 0. The molecule has 0 radical (unpaired) electrons. The molecule has 2 atom stereocenters. The van der Waals surface area contributed by atoms with Crippen molar-refractivity contribution in [2.45, 2.75) is 88.8 Å². The molecule has 4 fully saturated rings. The summed E-state index contributed by atoms with van der Waals surface area (Å²) < 4.78 is 6.78. The molecule has 7 rings (SSSR count). The van der Waals surface area contributed by atoms with Crippen LogP contribution in [0.25, 0.3) is 4.85 Å². The Kier molecular flexibility index (Phi) is 6.24. The Bertz CT molecular complexity index is 1230. The number of carbonyl (C=O) groups excluding carboxylic acids is 1. The second-order valence-electron chi connectivity index (χ2n) is 12.0. The Morgan fingerprint density at radius 3 is 2.38 bits per heavy atom. The first kappa shape index (κ1) is 24.1. The number of nitrogens with zero attached hydrogens (tertiary/aromatic N) is 2. The summed E-state index contributed by atoms with van der Waals surface area (Å²) in [5.74, 6) is 5.60. The van der Waals surface area contributed by atoms with Gasteiger partial charge in [0.2, 0.25) is 0 Å². The number of rotatable bonds is 6. The van der Waals surface area contributed by atoms with E-state index in [0.717, 1.165) is 65.9 Å². The van der Waals surface area contributed by atoms with Gasteiger partial charge in [-0.1, -0.05) is 55.7 Å². The second-order valence-corrected chi connectivity index (χ2v) is 12.0. The Morgan fingerprint density at radius 2 is 1.78 bits per heavy atom. The van der Waals surface area contributed by atoms with Crippen LogP contribution in [0.2, 0.25) is 0 Å². The number of fused-ring (bicyclic) bond motifs is 1. The van der Waals surface area contributed by atoms with Crippen molar-refractivity contribution in [1.82, 2.24) is 4.90 Å². The number of carbonyl (C=O) groups is 1. The molecule has 37 heavy (non-hydrogen) atoms. The van der Waals surface area contributed by atoms with Crippen LogP contribution in [0.4, 0.5) is 5.69 Å². The zero-order valence-electron chi connectivity index (χ0n) is 21.8. The maximum atomic E-state index is 13.2. The van der Waals surface area contributed by atoms with Gasteiger partial charge < -0.3 is 9.64 Å². The zero-order valence-corrected chi connectivity index (χ0v) is 21.8. The molecule has 0 spiro atoms. The third-order valence-corrected chi connectivity index (χ3v) is 9.44. The molecule has 190 valence electrons. The fraction of sp³-hybridized carbons (Fsp3) is 0.515. The molecule has 2 aromatic carbocycles. The lowest BCUT2D eigenvalue weighted by molar-refractivity contribution is -0.130. The molecule has 4 nitrogen and oxygen atoms in total. The molecule has 1 aliphatic heterocycles. The minimum atomic E-state index is -0.264. The Hall–Kier alpha value is -3.24. The summed E-state index contributed by atoms with van der Waals surface area (Å²) in [6.07, 6.45) is 17.2. The Labute approximate surface area is 221 Å². The van der Waals surface area contributed by atoms with E-state index in [1.807, 2.05) is 23.1 Å². The molecule has 1 unspecified atom stereocenters. The van der Waals surface area contributed by atoms with Gasteiger partial charge >= 0.3 is 0 Å². The first-order valence-electron chi connectivity index (χ1n) is 14.1. The molecule has 4 heteroatoms. The number of hydrogen-bond acceptors (Lipinski definition) is 2. The van der Waals surface area contributed by atoms with Gasteiger partial charge in [-0.2, -0.15) is 0 Å². The summed E-state index contributed by atoms with van der Waals surface area (Å²) in [7, 11) is 0. The predicted octanol–water partition coefficient (Wildman–Crippen LogP) is 7.25. The van der Waals surface area contributed by atoms with Crippen LogP contribution in [0.3, 0.4) is 0 Å². The van der Waals surface area contributed by atoms with Gasteiger partial charge in [-0.25, -0.2) is 4.85 Å². The maximum Gasteiger partial charge on any atom is 0.299 e. The van der Waals surface area contributed by atoms with Crippen LogP contribution in [-0.4, -0.2) is 22.4 Å². The fourth-order valence-electron chi connectivity index (χ4n) is 8.32. The average Bonchev–Trinajstić information content (AvgIpc) is 2.89. The lowest BCUT2D eigenvalue weighted by atomic mass is 9.54. The van der Waals surface area contributed by atoms with E-state index in [1.54, 1.807) is 0 Å². The molecule has 1 amide bonds. The fourth-order valence-corrected chi connectivity index (χ4v) is 8.32. The normalized spacial score (nSPS) is 31.3. The number of terminal acetylenes is 1. The van der Waals surface area contributed by atoms with Crippen LogP contribution in [0.1, 0.15) is 87.4 Å². The van der Waals surface area contributed by atoms with E-state index in [2.05, 4.69) is 42.0 Å². The van der Waals surface area contributed by atoms with Crippen molar-refractivity contribution in [3.63, 3.8) is 0 Å². The summed E-state index contributed by atoms with van der Waals surface area (Å²) in [4.78, 5) is 18.7. The van der Waals surface area contributed by atoms with Gasteiger partial charge in [0.15, 0.2) is 5.69 Å². The summed E-state index contributed by atoms with van der Waals surface area (Å²) in [6, 6.07) is 14.0. The Balaban J connectivity index is 1.33. The first-order valence-corrected chi connectivity index (χ1v) is 14.1. The van der Waals surface area contributed by atoms with E-state index in [1.165, 1.54) is 38.5 Å². The standard InChI is InChI=1S/C33H36N2O2/c1-4-6-7-28-18-26-17-27(34-3)10-13-30(26)32(35(28)31(36)5-2)25-8-11-29(12-9-25)37-33-19-22-14-23(20-33)16-24(15-22)21-33/h2,8-13,17,22-24,28,32H,4,6-7,14-16,18-21H2,1H3/t22?,23?,24?,28-,32?,33?/m0/s1. The SMILES string of the molecule is [C-]#[N+]c1ccc2c(c1)C[C@H](CCCC)N(C(=O)C#C)C2c1ccc(OC23CC4CC(CC(C4)C2)C3)cc1. The minimum absolute atomic E-state index is 0.0145. The number of unbranched alkanes of at least 4 members (excludes halogenated alkanes) is 1. The van der Waals surface area contributed by atoms with Crippen molar-refractivity contribution in [3.05, 3.63) is 70.6 Å². The predicted molar refractivity (Wildman–Crippen MR) is 145 cm³/mol. The largest absolute Gasteiger partial charge is 0.487 e.